The van der Waals surface area contributed by atoms with Gasteiger partial charge in [-0.05, 0) is 80.7 Å². The number of benzene rings is 2. The molecule has 8 rings (SSSR count). The topological polar surface area (TPSA) is 90.5 Å². The Morgan fingerprint density at radius 1 is 0.729 bits per heavy atom. The number of nitrogens with one attached hydrogen (secondary N) is 2. The largest absolute Gasteiger partial charge is 0.317 e. The van der Waals surface area contributed by atoms with Crippen LogP contribution in [0.25, 0.3) is 41.6 Å². The van der Waals surface area contributed by atoms with Gasteiger partial charge in [0.2, 0.25) is 11.8 Å². The summed E-state index contributed by atoms with van der Waals surface area (Å²) in [6, 6.07) is 16.4. The first-order valence-electron chi connectivity index (χ1n) is 16.5. The maximum atomic E-state index is 13.9. The highest BCUT2D eigenvalue weighted by Gasteiger charge is 2.29. The van der Waals surface area contributed by atoms with Crippen LogP contribution in [0.1, 0.15) is 47.6 Å². The van der Waals surface area contributed by atoms with Gasteiger partial charge in [-0.1, -0.05) is 31.2 Å². The Balaban J connectivity index is 1.07. The lowest BCUT2D eigenvalue weighted by Crippen LogP contribution is -2.32. The fourth-order valence-corrected chi connectivity index (χ4v) is 11.7. The second-order valence-corrected chi connectivity index (χ2v) is 16.7. The van der Waals surface area contributed by atoms with Crippen LogP contribution in [-0.2, 0) is 35.5 Å². The van der Waals surface area contributed by atoms with E-state index in [4.69, 9.17) is 9.97 Å². The van der Waals surface area contributed by atoms with Crippen LogP contribution in [0.4, 0.5) is 10.0 Å². The number of thiophene rings is 2. The minimum atomic E-state index is -0.0923. The van der Waals surface area contributed by atoms with Crippen molar-refractivity contribution in [2.24, 2.45) is 0 Å². The summed E-state index contributed by atoms with van der Waals surface area (Å²) in [6.45, 7) is 8.55. The molecule has 0 radical (unpaired) electrons. The maximum absolute atomic E-state index is 13.9. The van der Waals surface area contributed by atoms with E-state index < -0.39 is 0 Å². The molecule has 6 heterocycles. The van der Waals surface area contributed by atoms with E-state index in [0.29, 0.717) is 13.1 Å². The zero-order valence-corrected chi connectivity index (χ0v) is 30.2. The van der Waals surface area contributed by atoms with Gasteiger partial charge >= 0.3 is 0 Å². The number of fused-ring (bicyclic) bond motifs is 4. The van der Waals surface area contributed by atoms with Crippen molar-refractivity contribution in [1.29, 1.82) is 0 Å². The molecule has 0 aliphatic carbocycles. The highest BCUT2D eigenvalue weighted by Crippen LogP contribution is 2.47. The van der Waals surface area contributed by atoms with Crippen LogP contribution in [0.2, 0.25) is 0 Å². The number of thiazole rings is 2. The Morgan fingerprint density at radius 2 is 1.25 bits per heavy atom. The molecule has 0 saturated heterocycles. The van der Waals surface area contributed by atoms with Crippen LogP contribution in [0.15, 0.2) is 48.5 Å². The minimum Gasteiger partial charge on any atom is -0.317 e. The summed E-state index contributed by atoms with van der Waals surface area (Å²) >= 11 is 6.71. The predicted molar refractivity (Wildman–Crippen MR) is 202 cm³/mol. The number of anilines is 2. The van der Waals surface area contributed by atoms with Gasteiger partial charge in [0.25, 0.3) is 0 Å². The summed E-state index contributed by atoms with van der Waals surface area (Å²) in [7, 11) is 0. The number of rotatable bonds is 7. The van der Waals surface area contributed by atoms with Crippen LogP contribution >= 0.6 is 45.3 Å². The SMILES string of the molecule is CCN1CCCc2c(sc(NC(=O)CN3CCCc4c(sc(NC(C)=O)c4-c4nc5ccccc5s4)C3)c2-c2nc3ccccc3s2)C1. The average molecular weight is 713 g/mol. The molecule has 0 spiro atoms. The fourth-order valence-electron chi connectivity index (χ4n) is 6.85. The second-order valence-electron chi connectivity index (χ2n) is 12.4. The fraction of sp³-hybridized carbons (Fsp3) is 0.333. The van der Waals surface area contributed by atoms with Crippen LogP contribution in [0.5, 0.6) is 0 Å². The predicted octanol–water partition coefficient (Wildman–Crippen LogP) is 8.48. The van der Waals surface area contributed by atoms with Crippen molar-refractivity contribution in [3.05, 3.63) is 69.4 Å². The first-order valence-corrected chi connectivity index (χ1v) is 19.7. The Bertz CT molecular complexity index is 2090. The maximum Gasteiger partial charge on any atom is 0.239 e. The molecule has 2 aliphatic heterocycles. The lowest BCUT2D eigenvalue weighted by atomic mass is 10.1. The van der Waals surface area contributed by atoms with Crippen molar-refractivity contribution in [3.63, 3.8) is 0 Å². The Hall–Kier alpha value is -3.52. The number of carbonyl (C=O) groups is 2. The van der Waals surface area contributed by atoms with Gasteiger partial charge in [-0.2, -0.15) is 0 Å². The van der Waals surface area contributed by atoms with E-state index in [1.54, 1.807) is 52.3 Å². The van der Waals surface area contributed by atoms with E-state index in [0.717, 1.165) is 103 Å². The third kappa shape index (κ3) is 6.21. The summed E-state index contributed by atoms with van der Waals surface area (Å²) in [6.07, 6.45) is 3.89. The molecule has 48 heavy (non-hydrogen) atoms. The van der Waals surface area contributed by atoms with Crippen LogP contribution in [-0.4, -0.2) is 57.8 Å². The second kappa shape index (κ2) is 13.4. The van der Waals surface area contributed by atoms with E-state index >= 15 is 0 Å². The smallest absolute Gasteiger partial charge is 0.239 e. The van der Waals surface area contributed by atoms with E-state index in [1.807, 2.05) is 24.3 Å². The van der Waals surface area contributed by atoms with Crippen LogP contribution in [0, 0.1) is 0 Å². The molecular weight excluding hydrogens is 677 g/mol. The minimum absolute atomic E-state index is 0.00500. The standard InChI is InChI=1S/C36H36N6O2S4/c1-3-41-16-8-10-22-28(18-41)48-36(32(22)35-39-25-13-5-7-15-27(25)46-35)40-30(44)20-42-17-9-11-23-29(19-42)47-33(37-21(2)43)31(23)34-38-24-12-4-6-14-26(24)45-34/h4-7,12-15H,3,8-11,16-20H2,1-2H3,(H,37,43)(H,40,44). The van der Waals surface area contributed by atoms with E-state index in [1.165, 1.54) is 20.9 Å². The summed E-state index contributed by atoms with van der Waals surface area (Å²) < 4.78 is 2.29. The first-order chi connectivity index (χ1) is 23.4. The summed E-state index contributed by atoms with van der Waals surface area (Å²) in [5, 5.41) is 10.1. The molecule has 2 aliphatic rings. The van der Waals surface area contributed by atoms with Gasteiger partial charge in [-0.25, -0.2) is 9.97 Å². The van der Waals surface area contributed by atoms with Gasteiger partial charge in [-0.3, -0.25) is 19.4 Å². The first kappa shape index (κ1) is 31.7. The molecule has 8 nitrogen and oxygen atoms in total. The molecule has 0 fully saturated rings. The van der Waals surface area contributed by atoms with Crippen LogP contribution in [0.3, 0.4) is 0 Å². The van der Waals surface area contributed by atoms with Gasteiger partial charge in [-0.15, -0.1) is 45.3 Å². The lowest BCUT2D eigenvalue weighted by Gasteiger charge is -2.19. The van der Waals surface area contributed by atoms with Crippen molar-refractivity contribution >= 4 is 87.6 Å². The molecule has 6 aromatic rings. The normalized spacial score (nSPS) is 15.6. The Kier molecular flexibility index (Phi) is 8.87. The zero-order chi connectivity index (χ0) is 32.8. The summed E-state index contributed by atoms with van der Waals surface area (Å²) in [5.41, 5.74) is 6.71. The average Bonchev–Trinajstić information content (AvgIpc) is 3.77. The quantitative estimate of drug-likeness (QED) is 0.173. The number of hydrogen-bond donors (Lipinski definition) is 2. The van der Waals surface area contributed by atoms with Crippen molar-refractivity contribution < 1.29 is 9.59 Å². The molecule has 2 N–H and O–H groups in total. The van der Waals surface area contributed by atoms with E-state index in [-0.39, 0.29) is 11.8 Å². The molecule has 0 bridgehead atoms. The van der Waals surface area contributed by atoms with Gasteiger partial charge in [0.05, 0.1) is 27.0 Å². The highest BCUT2D eigenvalue weighted by molar-refractivity contribution is 7.23. The molecule has 12 heteroatoms. The van der Waals surface area contributed by atoms with E-state index in [9.17, 15) is 9.59 Å². The summed E-state index contributed by atoms with van der Waals surface area (Å²) in [4.78, 5) is 43.4. The monoisotopic (exact) mass is 712 g/mol. The molecule has 0 atom stereocenters. The van der Waals surface area contributed by atoms with E-state index in [2.05, 4.69) is 51.6 Å². The number of nitrogens with zero attached hydrogens (tertiary/aromatic N) is 4. The van der Waals surface area contributed by atoms with Gasteiger partial charge in [0, 0.05) is 40.9 Å². The molecule has 246 valence electrons. The Labute approximate surface area is 295 Å². The van der Waals surface area contributed by atoms with Gasteiger partial charge < -0.3 is 10.6 Å². The molecule has 2 aromatic carbocycles. The molecular formula is C36H36N6O2S4. The summed E-state index contributed by atoms with van der Waals surface area (Å²) in [5.74, 6) is -0.0973. The number of carbonyl (C=O) groups excluding carboxylic acids is 2. The van der Waals surface area contributed by atoms with Gasteiger partial charge in [0.1, 0.15) is 20.0 Å². The number of para-hydroxylation sites is 2. The van der Waals surface area contributed by atoms with Crippen LogP contribution < -0.4 is 10.6 Å². The Morgan fingerprint density at radius 3 is 1.79 bits per heavy atom. The number of amides is 2. The third-order valence-corrected chi connectivity index (χ3v) is 13.5. The molecule has 2 amide bonds. The van der Waals surface area contributed by atoms with Crippen molar-refractivity contribution in [3.8, 4) is 21.1 Å². The molecule has 0 unspecified atom stereocenters. The number of aromatic nitrogens is 2. The van der Waals surface area contributed by atoms with Crippen molar-refractivity contribution in [1.82, 2.24) is 19.8 Å². The number of hydrogen-bond acceptors (Lipinski definition) is 10. The third-order valence-electron chi connectivity index (χ3n) is 9.09. The van der Waals surface area contributed by atoms with Crippen molar-refractivity contribution in [2.45, 2.75) is 52.6 Å². The van der Waals surface area contributed by atoms with Gasteiger partial charge in [0.15, 0.2) is 0 Å². The molecule has 0 saturated carbocycles. The van der Waals surface area contributed by atoms with Crippen molar-refractivity contribution in [2.75, 3.05) is 36.8 Å². The zero-order valence-electron chi connectivity index (χ0n) is 26.9. The molecule has 4 aromatic heterocycles. The lowest BCUT2D eigenvalue weighted by molar-refractivity contribution is -0.117. The highest BCUT2D eigenvalue weighted by atomic mass is 32.1.